The summed E-state index contributed by atoms with van der Waals surface area (Å²) < 4.78 is 28.9. The number of fused-ring (bicyclic) bond motifs is 4. The number of nitrogens with one attached hydrogen (secondary N) is 2. The molecule has 5 aromatic rings. The maximum Gasteiger partial charge on any atom is 0.268 e. The molecule has 1 aliphatic rings. The number of rotatable bonds is 4. The van der Waals surface area contributed by atoms with Gasteiger partial charge < -0.3 is 10.6 Å². The highest BCUT2D eigenvalue weighted by molar-refractivity contribution is 7.90. The van der Waals surface area contributed by atoms with Crippen molar-refractivity contribution in [1.82, 2.24) is 19.3 Å². The average molecular weight is 444 g/mol. The van der Waals surface area contributed by atoms with Crippen LogP contribution in [0.25, 0.3) is 32.7 Å². The van der Waals surface area contributed by atoms with Crippen molar-refractivity contribution in [2.75, 3.05) is 18.4 Å². The fourth-order valence-corrected chi connectivity index (χ4v) is 5.83. The maximum atomic E-state index is 13.7. The molecule has 4 heterocycles. The van der Waals surface area contributed by atoms with Crippen molar-refractivity contribution in [3.63, 3.8) is 0 Å². The van der Waals surface area contributed by atoms with Gasteiger partial charge in [-0.2, -0.15) is 0 Å². The summed E-state index contributed by atoms with van der Waals surface area (Å²) in [5.74, 6) is 0.712. The summed E-state index contributed by atoms with van der Waals surface area (Å²) in [6.07, 6.45) is 4.32. The van der Waals surface area contributed by atoms with E-state index >= 15 is 0 Å². The Labute approximate surface area is 185 Å². The number of nitrogens with zero attached hydrogens (tertiary/aromatic N) is 3. The maximum absolute atomic E-state index is 13.7. The smallest absolute Gasteiger partial charge is 0.268 e. The molecule has 0 amide bonds. The quantitative estimate of drug-likeness (QED) is 0.440. The predicted molar refractivity (Wildman–Crippen MR) is 126 cm³/mol. The fourth-order valence-electron chi connectivity index (χ4n) is 4.43. The summed E-state index contributed by atoms with van der Waals surface area (Å²) in [7, 11) is -3.83. The Bertz CT molecular complexity index is 1590. The van der Waals surface area contributed by atoms with Gasteiger partial charge in [-0.05, 0) is 49.4 Å². The Morgan fingerprint density at radius 2 is 1.91 bits per heavy atom. The minimum absolute atomic E-state index is 0.228. The van der Waals surface area contributed by atoms with E-state index in [-0.39, 0.29) is 10.9 Å². The summed E-state index contributed by atoms with van der Waals surface area (Å²) in [5, 5.41) is 9.24. The van der Waals surface area contributed by atoms with Crippen molar-refractivity contribution in [2.24, 2.45) is 0 Å². The normalized spacial score (nSPS) is 16.8. The van der Waals surface area contributed by atoms with Gasteiger partial charge in [-0.1, -0.05) is 24.3 Å². The van der Waals surface area contributed by atoms with Crippen molar-refractivity contribution in [3.05, 3.63) is 73.1 Å². The van der Waals surface area contributed by atoms with Gasteiger partial charge in [-0.3, -0.25) is 4.98 Å². The van der Waals surface area contributed by atoms with Crippen molar-refractivity contribution >= 4 is 48.5 Å². The van der Waals surface area contributed by atoms with Crippen LogP contribution in [0.2, 0.25) is 0 Å². The van der Waals surface area contributed by atoms with Crippen molar-refractivity contribution in [2.45, 2.75) is 17.4 Å². The van der Waals surface area contributed by atoms with E-state index in [4.69, 9.17) is 4.98 Å². The van der Waals surface area contributed by atoms with Crippen LogP contribution in [0.5, 0.6) is 0 Å². The summed E-state index contributed by atoms with van der Waals surface area (Å²) in [4.78, 5) is 9.34. The van der Waals surface area contributed by atoms with E-state index in [0.717, 1.165) is 46.7 Å². The molecule has 2 N–H and O–H groups in total. The number of hydrogen-bond donors (Lipinski definition) is 2. The fraction of sp³-hybridized carbons (Fsp3) is 0.167. The van der Waals surface area contributed by atoms with Crippen molar-refractivity contribution < 1.29 is 8.42 Å². The van der Waals surface area contributed by atoms with Crippen LogP contribution >= 0.6 is 0 Å². The van der Waals surface area contributed by atoms with Crippen molar-refractivity contribution in [3.8, 4) is 0 Å². The van der Waals surface area contributed by atoms with Crippen LogP contribution in [-0.4, -0.2) is 41.5 Å². The molecule has 0 saturated carbocycles. The Hall–Kier alpha value is -3.49. The lowest BCUT2D eigenvalue weighted by molar-refractivity contribution is 0.589. The van der Waals surface area contributed by atoms with E-state index in [1.54, 1.807) is 36.7 Å². The minimum Gasteiger partial charge on any atom is -0.365 e. The SMILES string of the molecule is O=S(=O)(c1ccc2ncccc2c1)n1ccc2c(NC3CCNC3)nc3ccccc3c21. The molecule has 1 saturated heterocycles. The van der Waals surface area contributed by atoms with Gasteiger partial charge in [0.2, 0.25) is 0 Å². The molecule has 32 heavy (non-hydrogen) atoms. The second kappa shape index (κ2) is 7.29. The second-order valence-electron chi connectivity index (χ2n) is 8.05. The van der Waals surface area contributed by atoms with E-state index in [0.29, 0.717) is 11.3 Å². The number of hydrogen-bond acceptors (Lipinski definition) is 6. The second-order valence-corrected chi connectivity index (χ2v) is 9.86. The van der Waals surface area contributed by atoms with Gasteiger partial charge in [-0.25, -0.2) is 17.4 Å². The lowest BCUT2D eigenvalue weighted by atomic mass is 10.1. The molecule has 3 aromatic heterocycles. The van der Waals surface area contributed by atoms with Gasteiger partial charge in [0.25, 0.3) is 10.0 Å². The van der Waals surface area contributed by atoms with Crippen LogP contribution in [0.3, 0.4) is 0 Å². The van der Waals surface area contributed by atoms with Crippen LogP contribution in [-0.2, 0) is 10.0 Å². The highest BCUT2D eigenvalue weighted by atomic mass is 32.2. The zero-order valence-electron chi connectivity index (χ0n) is 17.2. The molecule has 1 unspecified atom stereocenters. The van der Waals surface area contributed by atoms with Gasteiger partial charge in [0, 0.05) is 41.1 Å². The summed E-state index contributed by atoms with van der Waals surface area (Å²) in [6.45, 7) is 1.82. The first-order valence-electron chi connectivity index (χ1n) is 10.6. The Morgan fingerprint density at radius 3 is 2.78 bits per heavy atom. The third kappa shape index (κ3) is 3.03. The van der Waals surface area contributed by atoms with Crippen LogP contribution in [0.1, 0.15) is 6.42 Å². The molecule has 2 aromatic carbocycles. The van der Waals surface area contributed by atoms with Gasteiger partial charge in [0.15, 0.2) is 0 Å². The lowest BCUT2D eigenvalue weighted by Gasteiger charge is -2.15. The zero-order valence-corrected chi connectivity index (χ0v) is 18.0. The number of anilines is 1. The summed E-state index contributed by atoms with van der Waals surface area (Å²) in [6, 6.07) is 18.5. The Kier molecular flexibility index (Phi) is 4.38. The largest absolute Gasteiger partial charge is 0.365 e. The van der Waals surface area contributed by atoms with Crippen LogP contribution in [0, 0.1) is 0 Å². The molecule has 6 rings (SSSR count). The lowest BCUT2D eigenvalue weighted by Crippen LogP contribution is -2.22. The average Bonchev–Trinajstić information content (AvgIpc) is 3.49. The van der Waals surface area contributed by atoms with Gasteiger partial charge in [-0.15, -0.1) is 0 Å². The summed E-state index contributed by atoms with van der Waals surface area (Å²) in [5.41, 5.74) is 2.15. The molecular weight excluding hydrogens is 422 g/mol. The predicted octanol–water partition coefficient (Wildman–Crippen LogP) is 3.75. The summed E-state index contributed by atoms with van der Waals surface area (Å²) >= 11 is 0. The van der Waals surface area contributed by atoms with Crippen molar-refractivity contribution in [1.29, 1.82) is 0 Å². The van der Waals surface area contributed by atoms with E-state index in [2.05, 4.69) is 15.6 Å². The zero-order chi connectivity index (χ0) is 21.7. The highest BCUT2D eigenvalue weighted by Crippen LogP contribution is 2.33. The van der Waals surface area contributed by atoms with Crippen LogP contribution < -0.4 is 10.6 Å². The first-order valence-corrected chi connectivity index (χ1v) is 12.0. The molecular formula is C24H21N5O2S. The van der Waals surface area contributed by atoms with E-state index < -0.39 is 10.0 Å². The molecule has 1 atom stereocenters. The van der Waals surface area contributed by atoms with Gasteiger partial charge >= 0.3 is 0 Å². The van der Waals surface area contributed by atoms with E-state index in [9.17, 15) is 8.42 Å². The molecule has 0 radical (unpaired) electrons. The molecule has 0 spiro atoms. The Morgan fingerprint density at radius 1 is 1.00 bits per heavy atom. The van der Waals surface area contributed by atoms with Crippen LogP contribution in [0.4, 0.5) is 5.82 Å². The molecule has 1 aliphatic heterocycles. The number of pyridine rings is 2. The number of benzene rings is 2. The Balaban J connectivity index is 1.57. The van der Waals surface area contributed by atoms with Gasteiger partial charge in [0.1, 0.15) is 5.82 Å². The number of aromatic nitrogens is 3. The monoisotopic (exact) mass is 443 g/mol. The topological polar surface area (TPSA) is 88.9 Å². The highest BCUT2D eigenvalue weighted by Gasteiger charge is 2.24. The molecule has 0 bridgehead atoms. The van der Waals surface area contributed by atoms with Gasteiger partial charge in [0.05, 0.1) is 21.4 Å². The van der Waals surface area contributed by atoms with E-state index in [1.807, 2.05) is 36.4 Å². The molecule has 7 nitrogen and oxygen atoms in total. The van der Waals surface area contributed by atoms with Crippen LogP contribution in [0.15, 0.2) is 78.0 Å². The molecule has 0 aliphatic carbocycles. The minimum atomic E-state index is -3.83. The molecule has 8 heteroatoms. The van der Waals surface area contributed by atoms with E-state index in [1.165, 1.54) is 3.97 Å². The first kappa shape index (κ1) is 19.2. The molecule has 1 fully saturated rings. The molecule has 160 valence electrons. The third-order valence-corrected chi connectivity index (χ3v) is 7.70. The standard InChI is InChI=1S/C24H21N5O2S/c30-32(31,18-7-8-21-16(14-18)4-3-11-26-21)29-13-10-20-23(29)19-5-1-2-6-22(19)28-24(20)27-17-9-12-25-15-17/h1-8,10-11,13-14,17,25H,9,12,15H2,(H,27,28). The third-order valence-electron chi connectivity index (χ3n) is 6.03. The first-order chi connectivity index (χ1) is 15.6. The number of para-hydroxylation sites is 1.